The molecule has 16 heavy (non-hydrogen) atoms. The summed E-state index contributed by atoms with van der Waals surface area (Å²) in [5, 5.41) is 0. The van der Waals surface area contributed by atoms with Crippen molar-refractivity contribution in [1.82, 2.24) is 0 Å². The Labute approximate surface area is 102 Å². The Kier molecular flexibility index (Phi) is 6.59. The van der Waals surface area contributed by atoms with Gasteiger partial charge in [0.15, 0.2) is 0 Å². The average molecular weight is 266 g/mol. The molecule has 1 atom stereocenters. The van der Waals surface area contributed by atoms with Gasteiger partial charge in [0.1, 0.15) is 0 Å². The summed E-state index contributed by atoms with van der Waals surface area (Å²) in [4.78, 5) is 0. The summed E-state index contributed by atoms with van der Waals surface area (Å²) in [6, 6.07) is 9.34. The minimum atomic E-state index is -3.39. The summed E-state index contributed by atoms with van der Waals surface area (Å²) in [6.07, 6.45) is 1.62. The minimum Gasteiger partial charge on any atom is -0.325 e. The van der Waals surface area contributed by atoms with E-state index in [1.807, 2.05) is 30.3 Å². The number of hydrogen-bond donors (Lipinski definition) is 1. The Morgan fingerprint density at radius 1 is 1.31 bits per heavy atom. The van der Waals surface area contributed by atoms with Gasteiger partial charge in [0, 0.05) is 6.04 Å². The Morgan fingerprint density at radius 3 is 2.38 bits per heavy atom. The average Bonchev–Trinajstić information content (AvgIpc) is 2.15. The summed E-state index contributed by atoms with van der Waals surface area (Å²) in [7, 11) is -3.39. The van der Waals surface area contributed by atoms with Crippen molar-refractivity contribution < 1.29 is 12.6 Å². The second-order valence-electron chi connectivity index (χ2n) is 3.44. The quantitative estimate of drug-likeness (QED) is 0.805. The van der Waals surface area contributed by atoms with E-state index in [2.05, 4.69) is 4.18 Å². The molecule has 0 aromatic heterocycles. The number of nitrogens with two attached hydrogens (primary N) is 1. The van der Waals surface area contributed by atoms with Gasteiger partial charge in [-0.05, 0) is 12.0 Å². The van der Waals surface area contributed by atoms with Crippen LogP contribution >= 0.6 is 12.4 Å². The van der Waals surface area contributed by atoms with E-state index in [0.29, 0.717) is 6.42 Å². The molecule has 1 aromatic carbocycles. The fraction of sp³-hybridized carbons (Fsp3) is 0.400. The van der Waals surface area contributed by atoms with E-state index >= 15 is 0 Å². The first-order valence-corrected chi connectivity index (χ1v) is 6.43. The first kappa shape index (κ1) is 15.4. The summed E-state index contributed by atoms with van der Waals surface area (Å²) in [5.41, 5.74) is 6.79. The molecule has 6 heteroatoms. The van der Waals surface area contributed by atoms with Crippen molar-refractivity contribution >= 4 is 22.5 Å². The maximum absolute atomic E-state index is 10.7. The molecule has 92 valence electrons. The Morgan fingerprint density at radius 2 is 1.88 bits per heavy atom. The molecule has 0 spiro atoms. The van der Waals surface area contributed by atoms with E-state index in [1.165, 1.54) is 0 Å². The SMILES string of the molecule is CS(=O)(=O)OC[C@@H](N)Cc1ccccc1.Cl. The van der Waals surface area contributed by atoms with Crippen LogP contribution in [0.4, 0.5) is 0 Å². The van der Waals surface area contributed by atoms with Crippen LogP contribution in [0, 0.1) is 0 Å². The molecule has 0 amide bonds. The van der Waals surface area contributed by atoms with Crippen molar-refractivity contribution in [1.29, 1.82) is 0 Å². The second-order valence-corrected chi connectivity index (χ2v) is 5.08. The zero-order chi connectivity index (χ0) is 11.3. The Hall–Kier alpha value is -0.620. The normalized spacial score (nSPS) is 12.9. The predicted molar refractivity (Wildman–Crippen MR) is 66.2 cm³/mol. The Balaban J connectivity index is 0.00000225. The first-order chi connectivity index (χ1) is 6.97. The zero-order valence-corrected chi connectivity index (χ0v) is 10.6. The standard InChI is InChI=1S/C10H15NO3S.ClH/c1-15(12,13)14-8-10(11)7-9-5-3-2-4-6-9;/h2-6,10H,7-8,11H2,1H3;1H/t10-;/m0./s1. The minimum absolute atomic E-state index is 0. The Bertz CT molecular complexity index is 394. The predicted octanol–water partition coefficient (Wildman–Crippen LogP) is 0.954. The highest BCUT2D eigenvalue weighted by molar-refractivity contribution is 7.85. The second kappa shape index (κ2) is 6.85. The van der Waals surface area contributed by atoms with Crippen LogP contribution in [0.3, 0.4) is 0 Å². The van der Waals surface area contributed by atoms with E-state index in [-0.39, 0.29) is 25.1 Å². The monoisotopic (exact) mass is 265 g/mol. The first-order valence-electron chi connectivity index (χ1n) is 4.61. The molecule has 1 aromatic rings. The van der Waals surface area contributed by atoms with Gasteiger partial charge < -0.3 is 5.73 Å². The third-order valence-corrected chi connectivity index (χ3v) is 2.40. The van der Waals surface area contributed by atoms with Crippen molar-refractivity contribution in [3.63, 3.8) is 0 Å². The van der Waals surface area contributed by atoms with Gasteiger partial charge in [-0.2, -0.15) is 8.42 Å². The van der Waals surface area contributed by atoms with E-state index in [0.717, 1.165) is 11.8 Å². The van der Waals surface area contributed by atoms with Gasteiger partial charge in [-0.25, -0.2) is 0 Å². The molecule has 0 saturated carbocycles. The van der Waals surface area contributed by atoms with Crippen molar-refractivity contribution in [2.45, 2.75) is 12.5 Å². The van der Waals surface area contributed by atoms with Crippen LogP contribution in [-0.4, -0.2) is 27.3 Å². The van der Waals surface area contributed by atoms with E-state index in [1.54, 1.807) is 0 Å². The van der Waals surface area contributed by atoms with Gasteiger partial charge in [-0.15, -0.1) is 12.4 Å². The molecule has 1 rings (SSSR count). The lowest BCUT2D eigenvalue weighted by atomic mass is 10.1. The lowest BCUT2D eigenvalue weighted by molar-refractivity contribution is 0.293. The summed E-state index contributed by atoms with van der Waals surface area (Å²) < 4.78 is 26.0. The smallest absolute Gasteiger partial charge is 0.264 e. The van der Waals surface area contributed by atoms with E-state index in [9.17, 15) is 8.42 Å². The van der Waals surface area contributed by atoms with Crippen LogP contribution in [0.5, 0.6) is 0 Å². The fourth-order valence-electron chi connectivity index (χ4n) is 1.19. The van der Waals surface area contributed by atoms with Gasteiger partial charge in [0.25, 0.3) is 10.1 Å². The van der Waals surface area contributed by atoms with Crippen molar-refractivity contribution in [3.8, 4) is 0 Å². The molecule has 0 bridgehead atoms. The molecule has 0 radical (unpaired) electrons. The molecule has 0 heterocycles. The molecule has 0 aliphatic rings. The molecule has 0 fully saturated rings. The molecular formula is C10H16ClNO3S. The molecule has 0 saturated heterocycles. The van der Waals surface area contributed by atoms with Crippen molar-refractivity contribution in [3.05, 3.63) is 35.9 Å². The fourth-order valence-corrected chi connectivity index (χ4v) is 1.61. The molecule has 2 N–H and O–H groups in total. The van der Waals surface area contributed by atoms with Crippen molar-refractivity contribution in [2.75, 3.05) is 12.9 Å². The van der Waals surface area contributed by atoms with Gasteiger partial charge >= 0.3 is 0 Å². The van der Waals surface area contributed by atoms with Gasteiger partial charge in [-0.3, -0.25) is 4.18 Å². The third-order valence-electron chi connectivity index (χ3n) is 1.84. The summed E-state index contributed by atoms with van der Waals surface area (Å²) >= 11 is 0. The number of benzene rings is 1. The number of rotatable bonds is 5. The molecule has 0 aliphatic carbocycles. The van der Waals surface area contributed by atoms with Gasteiger partial charge in [-0.1, -0.05) is 30.3 Å². The molecule has 0 unspecified atom stereocenters. The van der Waals surface area contributed by atoms with Crippen LogP contribution in [0.1, 0.15) is 5.56 Å². The van der Waals surface area contributed by atoms with Crippen LogP contribution in [0.15, 0.2) is 30.3 Å². The number of hydrogen-bond acceptors (Lipinski definition) is 4. The van der Waals surface area contributed by atoms with Gasteiger partial charge in [0.05, 0.1) is 12.9 Å². The zero-order valence-electron chi connectivity index (χ0n) is 9.00. The lowest BCUT2D eigenvalue weighted by Crippen LogP contribution is -2.29. The van der Waals surface area contributed by atoms with Crippen LogP contribution in [0.2, 0.25) is 0 Å². The summed E-state index contributed by atoms with van der Waals surface area (Å²) in [6.45, 7) is 0.0216. The van der Waals surface area contributed by atoms with Crippen LogP contribution < -0.4 is 5.73 Å². The summed E-state index contributed by atoms with van der Waals surface area (Å²) in [5.74, 6) is 0. The van der Waals surface area contributed by atoms with Gasteiger partial charge in [0.2, 0.25) is 0 Å². The van der Waals surface area contributed by atoms with E-state index < -0.39 is 10.1 Å². The topological polar surface area (TPSA) is 69.4 Å². The molecular weight excluding hydrogens is 250 g/mol. The largest absolute Gasteiger partial charge is 0.325 e. The highest BCUT2D eigenvalue weighted by atomic mass is 35.5. The third kappa shape index (κ3) is 6.79. The van der Waals surface area contributed by atoms with E-state index in [4.69, 9.17) is 5.73 Å². The lowest BCUT2D eigenvalue weighted by Gasteiger charge is -2.10. The number of halogens is 1. The van der Waals surface area contributed by atoms with Crippen LogP contribution in [-0.2, 0) is 20.7 Å². The molecule has 0 aliphatic heterocycles. The van der Waals surface area contributed by atoms with Crippen molar-refractivity contribution in [2.24, 2.45) is 5.73 Å². The highest BCUT2D eigenvalue weighted by Crippen LogP contribution is 2.02. The maximum Gasteiger partial charge on any atom is 0.264 e. The highest BCUT2D eigenvalue weighted by Gasteiger charge is 2.08. The maximum atomic E-state index is 10.7. The van der Waals surface area contributed by atoms with Crippen LogP contribution in [0.25, 0.3) is 0 Å². The molecule has 4 nitrogen and oxygen atoms in total.